The molecule has 0 radical (unpaired) electrons. The first-order chi connectivity index (χ1) is 9.47. The van der Waals surface area contributed by atoms with Crippen molar-refractivity contribution in [2.24, 2.45) is 5.73 Å². The average Bonchev–Trinajstić information content (AvgIpc) is 2.42. The maximum Gasteiger partial charge on any atom is 0.257 e. The van der Waals surface area contributed by atoms with Gasteiger partial charge in [-0.25, -0.2) is 0 Å². The van der Waals surface area contributed by atoms with Crippen LogP contribution < -0.4 is 16.8 Å². The van der Waals surface area contributed by atoms with E-state index in [1.54, 1.807) is 36.4 Å². The molecule has 0 aliphatic rings. The van der Waals surface area contributed by atoms with Crippen LogP contribution in [0.25, 0.3) is 0 Å². The van der Waals surface area contributed by atoms with E-state index in [9.17, 15) is 4.79 Å². The van der Waals surface area contributed by atoms with E-state index in [0.29, 0.717) is 22.5 Å². The van der Waals surface area contributed by atoms with Gasteiger partial charge in [0, 0.05) is 16.9 Å². The van der Waals surface area contributed by atoms with Gasteiger partial charge < -0.3 is 16.8 Å². The van der Waals surface area contributed by atoms with Gasteiger partial charge in [0.25, 0.3) is 5.91 Å². The molecular formula is C15H16N4O. The number of aryl methyl sites for hydroxylation is 1. The minimum Gasteiger partial charge on any atom is -0.398 e. The lowest BCUT2D eigenvalue weighted by Crippen LogP contribution is -2.15. The van der Waals surface area contributed by atoms with Gasteiger partial charge in [0.2, 0.25) is 0 Å². The fraction of sp³-hybridized carbons (Fsp3) is 0.0667. The molecule has 0 fully saturated rings. The molecule has 1 amide bonds. The van der Waals surface area contributed by atoms with Crippen molar-refractivity contribution in [2.75, 3.05) is 11.1 Å². The molecule has 5 heteroatoms. The van der Waals surface area contributed by atoms with Crippen LogP contribution in [0.2, 0.25) is 0 Å². The minimum atomic E-state index is -0.262. The quantitative estimate of drug-likeness (QED) is 0.389. The number of hydrogen-bond donors (Lipinski definition) is 4. The number of nitrogen functional groups attached to an aromatic ring is 2. The first-order valence-corrected chi connectivity index (χ1v) is 6.09. The van der Waals surface area contributed by atoms with Crippen LogP contribution in [0.15, 0.2) is 42.5 Å². The molecule has 5 nitrogen and oxygen atoms in total. The summed E-state index contributed by atoms with van der Waals surface area (Å²) in [6.07, 6.45) is 0. The second-order valence-electron chi connectivity index (χ2n) is 4.54. The van der Waals surface area contributed by atoms with Crippen molar-refractivity contribution in [3.05, 3.63) is 59.2 Å². The van der Waals surface area contributed by atoms with E-state index in [1.165, 1.54) is 0 Å². The molecule has 20 heavy (non-hydrogen) atoms. The zero-order valence-corrected chi connectivity index (χ0v) is 11.1. The molecule has 0 aliphatic carbocycles. The molecule has 0 heterocycles. The molecule has 0 atom stereocenters. The topological polar surface area (TPSA) is 105 Å². The van der Waals surface area contributed by atoms with Crippen LogP contribution in [0, 0.1) is 12.3 Å². The molecule has 2 rings (SSSR count). The molecule has 0 aliphatic heterocycles. The van der Waals surface area contributed by atoms with Crippen LogP contribution in [0.5, 0.6) is 0 Å². The second-order valence-corrected chi connectivity index (χ2v) is 4.54. The lowest BCUT2D eigenvalue weighted by molar-refractivity contribution is 0.102. The Labute approximate surface area is 117 Å². The van der Waals surface area contributed by atoms with Gasteiger partial charge in [-0.3, -0.25) is 10.2 Å². The lowest BCUT2D eigenvalue weighted by Gasteiger charge is -2.09. The van der Waals surface area contributed by atoms with E-state index in [1.807, 2.05) is 13.0 Å². The predicted molar refractivity (Wildman–Crippen MR) is 81.0 cm³/mol. The number of nitrogens with two attached hydrogens (primary N) is 2. The van der Waals surface area contributed by atoms with Crippen molar-refractivity contribution in [1.82, 2.24) is 0 Å². The standard InChI is InChI=1S/C15H16N4O/c1-9-2-7-13(16)12(8-9)15(20)19-11-5-3-10(4-6-11)14(17)18/h2-8H,16H2,1H3,(H3,17,18)(H,19,20). The molecule has 0 saturated carbocycles. The molecule has 0 aromatic heterocycles. The molecule has 2 aromatic rings. The van der Waals surface area contributed by atoms with E-state index in [2.05, 4.69) is 5.32 Å². The van der Waals surface area contributed by atoms with Gasteiger partial charge in [-0.05, 0) is 43.3 Å². The zero-order valence-electron chi connectivity index (χ0n) is 11.1. The summed E-state index contributed by atoms with van der Waals surface area (Å²) in [6, 6.07) is 12.1. The Morgan fingerprint density at radius 1 is 1.15 bits per heavy atom. The van der Waals surface area contributed by atoms with Crippen molar-refractivity contribution in [3.63, 3.8) is 0 Å². The Balaban J connectivity index is 2.19. The summed E-state index contributed by atoms with van der Waals surface area (Å²) in [5, 5.41) is 10.1. The molecular weight excluding hydrogens is 252 g/mol. The Bertz CT molecular complexity index is 662. The highest BCUT2D eigenvalue weighted by molar-refractivity contribution is 6.08. The van der Waals surface area contributed by atoms with Gasteiger partial charge in [0.15, 0.2) is 0 Å². The van der Waals surface area contributed by atoms with Crippen LogP contribution >= 0.6 is 0 Å². The fourth-order valence-electron chi connectivity index (χ4n) is 1.80. The highest BCUT2D eigenvalue weighted by atomic mass is 16.1. The van der Waals surface area contributed by atoms with Crippen molar-refractivity contribution in [3.8, 4) is 0 Å². The summed E-state index contributed by atoms with van der Waals surface area (Å²) < 4.78 is 0. The zero-order chi connectivity index (χ0) is 14.7. The molecule has 0 saturated heterocycles. The summed E-state index contributed by atoms with van der Waals surface area (Å²) >= 11 is 0. The van der Waals surface area contributed by atoms with Crippen LogP contribution in [0.4, 0.5) is 11.4 Å². The fourth-order valence-corrected chi connectivity index (χ4v) is 1.80. The summed E-state index contributed by atoms with van der Waals surface area (Å²) in [6.45, 7) is 1.90. The summed E-state index contributed by atoms with van der Waals surface area (Å²) in [5.74, 6) is -0.271. The number of carbonyl (C=O) groups excluding carboxylic acids is 1. The number of anilines is 2. The Kier molecular flexibility index (Phi) is 3.70. The molecule has 0 spiro atoms. The molecule has 0 bridgehead atoms. The number of amidine groups is 1. The first kappa shape index (κ1) is 13.6. The average molecular weight is 268 g/mol. The van der Waals surface area contributed by atoms with Crippen LogP contribution in [0.1, 0.15) is 21.5 Å². The van der Waals surface area contributed by atoms with Crippen LogP contribution in [-0.2, 0) is 0 Å². The van der Waals surface area contributed by atoms with Gasteiger partial charge in [0.05, 0.1) is 5.56 Å². The van der Waals surface area contributed by atoms with Crippen molar-refractivity contribution in [2.45, 2.75) is 6.92 Å². The summed E-state index contributed by atoms with van der Waals surface area (Å²) in [5.41, 5.74) is 14.3. The van der Waals surface area contributed by atoms with E-state index in [4.69, 9.17) is 16.9 Å². The number of carbonyl (C=O) groups is 1. The second kappa shape index (κ2) is 5.44. The predicted octanol–water partition coefficient (Wildman–Crippen LogP) is 2.11. The molecule has 102 valence electrons. The number of amides is 1. The van der Waals surface area contributed by atoms with Gasteiger partial charge in [-0.15, -0.1) is 0 Å². The third-order valence-corrected chi connectivity index (χ3v) is 2.91. The number of benzene rings is 2. The van der Waals surface area contributed by atoms with Gasteiger partial charge in [-0.2, -0.15) is 0 Å². The van der Waals surface area contributed by atoms with Gasteiger partial charge in [0.1, 0.15) is 5.84 Å². The number of nitrogens with one attached hydrogen (secondary N) is 2. The summed E-state index contributed by atoms with van der Waals surface area (Å²) in [7, 11) is 0. The molecule has 2 aromatic carbocycles. The van der Waals surface area contributed by atoms with Crippen molar-refractivity contribution in [1.29, 1.82) is 5.41 Å². The van der Waals surface area contributed by atoms with Crippen molar-refractivity contribution < 1.29 is 4.79 Å². The highest BCUT2D eigenvalue weighted by Crippen LogP contribution is 2.16. The van der Waals surface area contributed by atoms with Gasteiger partial charge >= 0.3 is 0 Å². The van der Waals surface area contributed by atoms with Crippen LogP contribution in [0.3, 0.4) is 0 Å². The van der Waals surface area contributed by atoms with Gasteiger partial charge in [-0.1, -0.05) is 11.6 Å². The number of rotatable bonds is 3. The smallest absolute Gasteiger partial charge is 0.257 e. The molecule has 6 N–H and O–H groups in total. The van der Waals surface area contributed by atoms with E-state index >= 15 is 0 Å². The van der Waals surface area contributed by atoms with E-state index < -0.39 is 0 Å². The SMILES string of the molecule is Cc1ccc(N)c(C(=O)Nc2ccc(C(=N)N)cc2)c1. The maximum absolute atomic E-state index is 12.1. The normalized spacial score (nSPS) is 10.1. The first-order valence-electron chi connectivity index (χ1n) is 6.09. The van der Waals surface area contributed by atoms with Crippen LogP contribution in [-0.4, -0.2) is 11.7 Å². The largest absolute Gasteiger partial charge is 0.398 e. The Hall–Kier alpha value is -2.82. The Morgan fingerprint density at radius 2 is 1.80 bits per heavy atom. The van der Waals surface area contributed by atoms with Crippen molar-refractivity contribution >= 4 is 23.1 Å². The van der Waals surface area contributed by atoms with E-state index in [0.717, 1.165) is 5.56 Å². The lowest BCUT2D eigenvalue weighted by atomic mass is 10.1. The third kappa shape index (κ3) is 2.95. The monoisotopic (exact) mass is 268 g/mol. The molecule has 0 unspecified atom stereocenters. The third-order valence-electron chi connectivity index (χ3n) is 2.91. The minimum absolute atomic E-state index is 0.00851. The Morgan fingerprint density at radius 3 is 2.40 bits per heavy atom. The number of hydrogen-bond acceptors (Lipinski definition) is 3. The van der Waals surface area contributed by atoms with E-state index in [-0.39, 0.29) is 11.7 Å². The maximum atomic E-state index is 12.1. The summed E-state index contributed by atoms with van der Waals surface area (Å²) in [4.78, 5) is 12.1. The highest BCUT2D eigenvalue weighted by Gasteiger charge is 2.10.